The molecule has 3 nitrogen and oxygen atoms in total. The van der Waals surface area contributed by atoms with Crippen molar-refractivity contribution in [2.75, 3.05) is 5.32 Å². The number of thiazole rings is 1. The molecule has 5 heteroatoms. The molecule has 0 saturated carbocycles. The quantitative estimate of drug-likeness (QED) is 0.895. The van der Waals surface area contributed by atoms with E-state index in [2.05, 4.69) is 46.1 Å². The Hall–Kier alpha value is -1.38. The molecule has 1 heterocycles. The number of nitriles is 1. The van der Waals surface area contributed by atoms with Gasteiger partial charge in [-0.05, 0) is 24.1 Å². The third-order valence-corrected chi connectivity index (χ3v) is 3.73. The molecule has 92 valence electrons. The van der Waals surface area contributed by atoms with Gasteiger partial charge in [0.15, 0.2) is 5.13 Å². The second-order valence-corrected chi connectivity index (χ2v) is 5.93. The van der Waals surface area contributed by atoms with E-state index in [9.17, 15) is 0 Å². The van der Waals surface area contributed by atoms with Gasteiger partial charge in [-0.3, -0.25) is 0 Å². The molecule has 0 unspecified atom stereocenters. The van der Waals surface area contributed by atoms with E-state index >= 15 is 0 Å². The first-order valence-corrected chi connectivity index (χ1v) is 7.19. The van der Waals surface area contributed by atoms with Crippen molar-refractivity contribution in [3.63, 3.8) is 0 Å². The summed E-state index contributed by atoms with van der Waals surface area (Å²) >= 11 is 4.91. The summed E-state index contributed by atoms with van der Waals surface area (Å²) in [5.74, 6) is 0.414. The number of rotatable bonds is 3. The first kappa shape index (κ1) is 13.1. The molecular weight excluding hydrogens is 310 g/mol. The predicted molar refractivity (Wildman–Crippen MR) is 78.3 cm³/mol. The Morgan fingerprint density at radius 3 is 2.83 bits per heavy atom. The van der Waals surface area contributed by atoms with Gasteiger partial charge in [-0.25, -0.2) is 4.98 Å². The van der Waals surface area contributed by atoms with Crippen molar-refractivity contribution in [3.05, 3.63) is 39.3 Å². The van der Waals surface area contributed by atoms with E-state index in [1.165, 1.54) is 0 Å². The maximum atomic E-state index is 9.09. The highest BCUT2D eigenvalue weighted by atomic mass is 79.9. The molecule has 0 aliphatic heterocycles. The average Bonchev–Trinajstić information content (AvgIpc) is 2.80. The van der Waals surface area contributed by atoms with E-state index in [1.807, 2.05) is 17.5 Å². The lowest BCUT2D eigenvalue weighted by Gasteiger charge is -2.05. The van der Waals surface area contributed by atoms with Crippen molar-refractivity contribution >= 4 is 38.1 Å². The van der Waals surface area contributed by atoms with Crippen LogP contribution in [0.3, 0.4) is 0 Å². The van der Waals surface area contributed by atoms with E-state index < -0.39 is 0 Å². The van der Waals surface area contributed by atoms with Gasteiger partial charge in [0.05, 0.1) is 16.9 Å². The van der Waals surface area contributed by atoms with Crippen LogP contribution in [0, 0.1) is 11.3 Å². The molecule has 0 fully saturated rings. The Kier molecular flexibility index (Phi) is 4.00. The maximum absolute atomic E-state index is 9.09. The molecule has 0 amide bonds. The first-order valence-electron chi connectivity index (χ1n) is 5.52. The van der Waals surface area contributed by atoms with Crippen LogP contribution in [0.4, 0.5) is 10.8 Å². The Morgan fingerprint density at radius 2 is 2.22 bits per heavy atom. The molecule has 1 N–H and O–H groups in total. The summed E-state index contributed by atoms with van der Waals surface area (Å²) in [7, 11) is 0. The van der Waals surface area contributed by atoms with E-state index in [1.54, 1.807) is 17.4 Å². The molecule has 0 radical (unpaired) electrons. The van der Waals surface area contributed by atoms with Crippen LogP contribution in [-0.2, 0) is 0 Å². The van der Waals surface area contributed by atoms with Crippen molar-refractivity contribution in [2.45, 2.75) is 19.8 Å². The van der Waals surface area contributed by atoms with Gasteiger partial charge in [0.25, 0.3) is 0 Å². The molecule has 2 rings (SSSR count). The molecule has 18 heavy (non-hydrogen) atoms. The number of anilines is 2. The minimum atomic E-state index is 0.414. The van der Waals surface area contributed by atoms with E-state index in [4.69, 9.17) is 5.26 Å². The molecule has 0 atom stereocenters. The summed E-state index contributed by atoms with van der Waals surface area (Å²) in [6.45, 7) is 4.22. The number of nitrogens with zero attached hydrogens (tertiary/aromatic N) is 2. The predicted octanol–water partition coefficient (Wildman–Crippen LogP) is 4.64. The fourth-order valence-corrected chi connectivity index (χ4v) is 2.69. The average molecular weight is 322 g/mol. The monoisotopic (exact) mass is 321 g/mol. The number of nitrogens with one attached hydrogen (secondary N) is 1. The van der Waals surface area contributed by atoms with Crippen LogP contribution in [0.25, 0.3) is 0 Å². The molecule has 0 saturated heterocycles. The van der Waals surface area contributed by atoms with Gasteiger partial charge in [-0.1, -0.05) is 29.8 Å². The van der Waals surface area contributed by atoms with Gasteiger partial charge >= 0.3 is 0 Å². The third-order valence-electron chi connectivity index (χ3n) is 2.46. The van der Waals surface area contributed by atoms with Crippen LogP contribution in [0.2, 0.25) is 0 Å². The lowest BCUT2D eigenvalue weighted by molar-refractivity contribution is 0.834. The molecule has 0 spiro atoms. The van der Waals surface area contributed by atoms with Crippen LogP contribution in [0.15, 0.2) is 28.1 Å². The van der Waals surface area contributed by atoms with E-state index in [-0.39, 0.29) is 0 Å². The normalized spacial score (nSPS) is 10.4. The number of aromatic nitrogens is 1. The second-order valence-electron chi connectivity index (χ2n) is 4.16. The SMILES string of the molecule is CC(C)c1csc(Nc2ccc(Br)cc2C#N)n1. The summed E-state index contributed by atoms with van der Waals surface area (Å²) < 4.78 is 0.895. The molecule has 0 bridgehead atoms. The standard InChI is InChI=1S/C13H12BrN3S/c1-8(2)12-7-18-13(17-12)16-11-4-3-10(14)5-9(11)6-15/h3-5,7-8H,1-2H3,(H,16,17). The maximum Gasteiger partial charge on any atom is 0.187 e. The number of hydrogen-bond acceptors (Lipinski definition) is 4. The summed E-state index contributed by atoms with van der Waals surface area (Å²) in [6, 6.07) is 7.74. The topological polar surface area (TPSA) is 48.7 Å². The molecule has 0 aliphatic rings. The van der Waals surface area contributed by atoms with Gasteiger partial charge in [0.2, 0.25) is 0 Å². The van der Waals surface area contributed by atoms with Crippen LogP contribution >= 0.6 is 27.3 Å². The van der Waals surface area contributed by atoms with Crippen LogP contribution in [0.1, 0.15) is 31.0 Å². The summed E-state index contributed by atoms with van der Waals surface area (Å²) in [5.41, 5.74) is 2.45. The smallest absolute Gasteiger partial charge is 0.187 e. The number of hydrogen-bond donors (Lipinski definition) is 1. The fraction of sp³-hybridized carbons (Fsp3) is 0.231. The third kappa shape index (κ3) is 2.89. The largest absolute Gasteiger partial charge is 0.330 e. The highest BCUT2D eigenvalue weighted by Gasteiger charge is 2.08. The zero-order valence-corrected chi connectivity index (χ0v) is 12.5. The van der Waals surface area contributed by atoms with Crippen molar-refractivity contribution in [1.29, 1.82) is 5.26 Å². The molecule has 1 aromatic heterocycles. The molecule has 1 aromatic carbocycles. The molecule has 2 aromatic rings. The van der Waals surface area contributed by atoms with Gasteiger partial charge in [-0.2, -0.15) is 5.26 Å². The van der Waals surface area contributed by atoms with Gasteiger partial charge in [0, 0.05) is 9.85 Å². The lowest BCUT2D eigenvalue weighted by atomic mass is 10.2. The zero-order chi connectivity index (χ0) is 13.1. The van der Waals surface area contributed by atoms with E-state index in [0.29, 0.717) is 11.5 Å². The Morgan fingerprint density at radius 1 is 1.44 bits per heavy atom. The minimum absolute atomic E-state index is 0.414. The fourth-order valence-electron chi connectivity index (χ4n) is 1.44. The van der Waals surface area contributed by atoms with E-state index in [0.717, 1.165) is 21.0 Å². The Bertz CT molecular complexity index is 599. The number of halogens is 1. The minimum Gasteiger partial charge on any atom is -0.330 e. The van der Waals surface area contributed by atoms with Crippen LogP contribution < -0.4 is 5.32 Å². The first-order chi connectivity index (χ1) is 8.60. The van der Waals surface area contributed by atoms with Crippen molar-refractivity contribution in [3.8, 4) is 6.07 Å². The zero-order valence-electron chi connectivity index (χ0n) is 10.1. The van der Waals surface area contributed by atoms with Crippen molar-refractivity contribution in [1.82, 2.24) is 4.98 Å². The van der Waals surface area contributed by atoms with Crippen LogP contribution in [0.5, 0.6) is 0 Å². The van der Waals surface area contributed by atoms with Crippen molar-refractivity contribution < 1.29 is 0 Å². The van der Waals surface area contributed by atoms with Crippen LogP contribution in [-0.4, -0.2) is 4.98 Å². The van der Waals surface area contributed by atoms with Gasteiger partial charge in [0.1, 0.15) is 6.07 Å². The molecule has 0 aliphatic carbocycles. The summed E-state index contributed by atoms with van der Waals surface area (Å²) in [6.07, 6.45) is 0. The van der Waals surface area contributed by atoms with Crippen molar-refractivity contribution in [2.24, 2.45) is 0 Å². The summed E-state index contributed by atoms with van der Waals surface area (Å²) in [5, 5.41) is 15.1. The highest BCUT2D eigenvalue weighted by molar-refractivity contribution is 9.10. The molecular formula is C13H12BrN3S. The second kappa shape index (κ2) is 5.51. The van der Waals surface area contributed by atoms with Gasteiger partial charge < -0.3 is 5.32 Å². The Balaban J connectivity index is 2.26. The lowest BCUT2D eigenvalue weighted by Crippen LogP contribution is -1.94. The Labute approximate surface area is 119 Å². The number of benzene rings is 1. The highest BCUT2D eigenvalue weighted by Crippen LogP contribution is 2.27. The van der Waals surface area contributed by atoms with Gasteiger partial charge in [-0.15, -0.1) is 11.3 Å². The summed E-state index contributed by atoms with van der Waals surface area (Å²) in [4.78, 5) is 4.49.